The molecular formula is C5H6Ag2O5. The van der Waals surface area contributed by atoms with Crippen LogP contribution >= 0.6 is 0 Å². The van der Waals surface area contributed by atoms with E-state index in [-0.39, 0.29) is 44.8 Å². The van der Waals surface area contributed by atoms with E-state index in [0.717, 1.165) is 7.11 Å². The van der Waals surface area contributed by atoms with Crippen molar-refractivity contribution in [2.75, 3.05) is 7.11 Å². The molecule has 0 saturated carbocycles. The van der Waals surface area contributed by atoms with Gasteiger partial charge in [0.2, 0.25) is 0 Å². The van der Waals surface area contributed by atoms with Gasteiger partial charge in [0, 0.05) is 19.5 Å². The van der Waals surface area contributed by atoms with Crippen molar-refractivity contribution in [2.45, 2.75) is 12.5 Å². The summed E-state index contributed by atoms with van der Waals surface area (Å²) >= 11 is 0. The van der Waals surface area contributed by atoms with Gasteiger partial charge in [0.05, 0.1) is 5.97 Å². The van der Waals surface area contributed by atoms with E-state index in [1.54, 1.807) is 0 Å². The van der Waals surface area contributed by atoms with Gasteiger partial charge >= 0.3 is 44.8 Å². The number of rotatable bonds is 4. The van der Waals surface area contributed by atoms with Crippen LogP contribution in [0.15, 0.2) is 0 Å². The fourth-order valence-electron chi connectivity index (χ4n) is 0.414. The minimum atomic E-state index is -1.55. The maximum atomic E-state index is 9.94. The van der Waals surface area contributed by atoms with Gasteiger partial charge in [0.1, 0.15) is 6.10 Å². The molecule has 0 aromatic carbocycles. The summed E-state index contributed by atoms with van der Waals surface area (Å²) in [6.45, 7) is 0. The van der Waals surface area contributed by atoms with E-state index in [1.807, 2.05) is 0 Å². The van der Waals surface area contributed by atoms with Gasteiger partial charge in [-0.1, -0.05) is 0 Å². The number of ether oxygens (including phenoxy) is 1. The number of aliphatic carboxylic acids is 2. The molecule has 0 aliphatic carbocycles. The Morgan fingerprint density at radius 1 is 1.33 bits per heavy atom. The summed E-state index contributed by atoms with van der Waals surface area (Å²) in [5, 5.41) is 19.7. The summed E-state index contributed by atoms with van der Waals surface area (Å²) in [6.07, 6.45) is -2.09. The van der Waals surface area contributed by atoms with E-state index < -0.39 is 24.5 Å². The van der Waals surface area contributed by atoms with Crippen molar-refractivity contribution in [1.29, 1.82) is 0 Å². The number of carboxylic acid groups (broad SMARTS) is 2. The molecule has 0 bridgehead atoms. The normalized spacial score (nSPS) is 10.4. The molecule has 0 aromatic heterocycles. The maximum absolute atomic E-state index is 9.94. The second-order valence-electron chi connectivity index (χ2n) is 1.62. The van der Waals surface area contributed by atoms with Crippen LogP contribution in [0.4, 0.5) is 0 Å². The van der Waals surface area contributed by atoms with Crippen LogP contribution in [0.5, 0.6) is 0 Å². The second-order valence-corrected chi connectivity index (χ2v) is 1.62. The quantitative estimate of drug-likeness (QED) is 0.494. The molecule has 0 saturated heterocycles. The van der Waals surface area contributed by atoms with Gasteiger partial charge in [0.15, 0.2) is 0 Å². The minimum Gasteiger partial charge on any atom is -0.550 e. The molecule has 0 fully saturated rings. The predicted molar refractivity (Wildman–Crippen MR) is 25.4 cm³/mol. The number of hydrogen-bond donors (Lipinski definition) is 0. The van der Waals surface area contributed by atoms with E-state index in [4.69, 9.17) is 0 Å². The minimum absolute atomic E-state index is 0. The molecule has 5 nitrogen and oxygen atoms in total. The van der Waals surface area contributed by atoms with Gasteiger partial charge in [-0.05, 0) is 0 Å². The Morgan fingerprint density at radius 3 is 1.83 bits per heavy atom. The molecule has 0 rings (SSSR count). The average molecular weight is 362 g/mol. The molecule has 1 atom stereocenters. The first kappa shape index (κ1) is 18.2. The monoisotopic (exact) mass is 360 g/mol. The van der Waals surface area contributed by atoms with Crippen molar-refractivity contribution in [3.05, 3.63) is 0 Å². The Labute approximate surface area is 100 Å². The first-order valence-electron chi connectivity index (χ1n) is 2.51. The zero-order valence-electron chi connectivity index (χ0n) is 5.93. The Kier molecular flexibility index (Phi) is 14.4. The van der Waals surface area contributed by atoms with Crippen molar-refractivity contribution in [3.8, 4) is 0 Å². The molecular weight excluding hydrogens is 356 g/mol. The van der Waals surface area contributed by atoms with Crippen LogP contribution < -0.4 is 10.2 Å². The predicted octanol–water partition coefficient (Wildman–Crippen LogP) is -3.11. The molecule has 0 aliphatic rings. The smallest absolute Gasteiger partial charge is 0.550 e. The third-order valence-electron chi connectivity index (χ3n) is 0.899. The van der Waals surface area contributed by atoms with Crippen molar-refractivity contribution in [3.63, 3.8) is 0 Å². The van der Waals surface area contributed by atoms with E-state index in [0.29, 0.717) is 0 Å². The number of carboxylic acids is 2. The van der Waals surface area contributed by atoms with E-state index in [1.165, 1.54) is 0 Å². The third kappa shape index (κ3) is 8.48. The fourth-order valence-corrected chi connectivity index (χ4v) is 0.414. The average Bonchev–Trinajstić information content (AvgIpc) is 1.81. The van der Waals surface area contributed by atoms with Crippen molar-refractivity contribution in [1.82, 2.24) is 0 Å². The van der Waals surface area contributed by atoms with Gasteiger partial charge in [-0.3, -0.25) is 0 Å². The number of hydrogen-bond acceptors (Lipinski definition) is 5. The van der Waals surface area contributed by atoms with Gasteiger partial charge in [-0.2, -0.15) is 0 Å². The number of methoxy groups -OCH3 is 1. The van der Waals surface area contributed by atoms with Gasteiger partial charge in [-0.25, -0.2) is 0 Å². The van der Waals surface area contributed by atoms with Crippen molar-refractivity contribution >= 4 is 11.9 Å². The molecule has 1 unspecified atom stereocenters. The maximum Gasteiger partial charge on any atom is 1.00 e. The molecule has 0 spiro atoms. The van der Waals surface area contributed by atoms with Crippen LogP contribution in [0.1, 0.15) is 6.42 Å². The molecule has 0 N–H and O–H groups in total. The summed E-state index contributed by atoms with van der Waals surface area (Å²) in [7, 11) is 1.09. The first-order chi connectivity index (χ1) is 4.57. The zero-order chi connectivity index (χ0) is 8.15. The largest absolute Gasteiger partial charge is 1.00 e. The fraction of sp³-hybridized carbons (Fsp3) is 0.600. The van der Waals surface area contributed by atoms with Crippen LogP contribution in [0.2, 0.25) is 0 Å². The molecule has 0 aliphatic heterocycles. The van der Waals surface area contributed by atoms with E-state index in [9.17, 15) is 19.8 Å². The van der Waals surface area contributed by atoms with Crippen LogP contribution in [0, 0.1) is 0 Å². The Hall–Kier alpha value is 0.381. The summed E-state index contributed by atoms with van der Waals surface area (Å²) in [6, 6.07) is 0. The van der Waals surface area contributed by atoms with Gasteiger partial charge in [0.25, 0.3) is 0 Å². The summed E-state index contributed by atoms with van der Waals surface area (Å²) in [5.41, 5.74) is 0. The second kappa shape index (κ2) is 9.47. The van der Waals surface area contributed by atoms with E-state index in [2.05, 4.69) is 4.74 Å². The van der Waals surface area contributed by atoms with E-state index >= 15 is 0 Å². The first-order valence-corrected chi connectivity index (χ1v) is 2.51. The van der Waals surface area contributed by atoms with Crippen LogP contribution in [-0.4, -0.2) is 25.2 Å². The number of carbonyl (C=O) groups is 2. The van der Waals surface area contributed by atoms with Gasteiger partial charge < -0.3 is 24.5 Å². The van der Waals surface area contributed by atoms with Crippen molar-refractivity contribution < 1.29 is 69.3 Å². The molecule has 0 amide bonds. The Morgan fingerprint density at radius 2 is 1.75 bits per heavy atom. The molecule has 12 heavy (non-hydrogen) atoms. The Balaban J connectivity index is -0.000000405. The van der Waals surface area contributed by atoms with Crippen LogP contribution in [0.3, 0.4) is 0 Å². The summed E-state index contributed by atoms with van der Waals surface area (Å²) in [4.78, 5) is 19.7. The Bertz CT molecular complexity index is 149. The molecule has 0 radical (unpaired) electrons. The molecule has 7 heteroatoms. The topological polar surface area (TPSA) is 89.5 Å². The zero-order valence-corrected chi connectivity index (χ0v) is 8.89. The molecule has 0 heterocycles. The SMILES string of the molecule is COC(CC(=O)[O-])C(=O)[O-].[Ag+].[Ag+]. The number of carbonyl (C=O) groups excluding carboxylic acids is 2. The summed E-state index contributed by atoms with van der Waals surface area (Å²) < 4.78 is 4.24. The molecule has 0 aromatic rings. The van der Waals surface area contributed by atoms with Gasteiger partial charge in [-0.15, -0.1) is 0 Å². The van der Waals surface area contributed by atoms with Crippen LogP contribution in [-0.2, 0) is 59.1 Å². The van der Waals surface area contributed by atoms with Crippen molar-refractivity contribution in [2.24, 2.45) is 0 Å². The third-order valence-corrected chi connectivity index (χ3v) is 0.899. The molecule has 78 valence electrons. The standard InChI is InChI=1S/C5H8O5.2Ag/c1-10-3(5(8)9)2-4(6)7;;/h3H,2H2,1H3,(H,6,7)(H,8,9);;/q;2*+1/p-2. The van der Waals surface area contributed by atoms with Crippen LogP contribution in [0.25, 0.3) is 0 Å². The summed E-state index contributed by atoms with van der Waals surface area (Å²) in [5.74, 6) is -3.03.